The van der Waals surface area contributed by atoms with E-state index in [9.17, 15) is 5.26 Å². The summed E-state index contributed by atoms with van der Waals surface area (Å²) in [5, 5.41) is 9.59. The van der Waals surface area contributed by atoms with Crippen molar-refractivity contribution in [2.24, 2.45) is 0 Å². The van der Waals surface area contributed by atoms with Crippen LogP contribution in [0.5, 0.6) is 0 Å². The molecule has 2 aromatic rings. The largest absolute Gasteiger partial charge is 0.198 e. The van der Waals surface area contributed by atoms with Crippen molar-refractivity contribution in [3.63, 3.8) is 0 Å². The van der Waals surface area contributed by atoms with E-state index in [0.29, 0.717) is 0 Å². The number of rotatable bonds is 3. The lowest BCUT2D eigenvalue weighted by molar-refractivity contribution is 0.590. The summed E-state index contributed by atoms with van der Waals surface area (Å²) in [5.74, 6) is -0.0830. The lowest BCUT2D eigenvalue weighted by Crippen LogP contribution is -2.11. The Morgan fingerprint density at radius 1 is 1.00 bits per heavy atom. The van der Waals surface area contributed by atoms with Gasteiger partial charge < -0.3 is 0 Å². The molecule has 0 spiro atoms. The second-order valence-corrected chi connectivity index (χ2v) is 7.19. The van der Waals surface area contributed by atoms with Crippen LogP contribution in [0.15, 0.2) is 42.5 Å². The highest BCUT2D eigenvalue weighted by Crippen LogP contribution is 2.27. The summed E-state index contributed by atoms with van der Waals surface area (Å²) >= 11 is 0. The minimum absolute atomic E-state index is 0.0830. The molecule has 0 bridgehead atoms. The van der Waals surface area contributed by atoms with Gasteiger partial charge in [-0.2, -0.15) is 5.26 Å². The van der Waals surface area contributed by atoms with Gasteiger partial charge in [-0.05, 0) is 47.9 Å². The van der Waals surface area contributed by atoms with Crippen LogP contribution in [0.4, 0.5) is 0 Å². The Morgan fingerprint density at radius 2 is 1.64 bits per heavy atom. The molecule has 0 saturated carbocycles. The molecule has 1 atom stereocenters. The maximum absolute atomic E-state index is 9.59. The quantitative estimate of drug-likeness (QED) is 0.737. The van der Waals surface area contributed by atoms with Crippen LogP contribution >= 0.6 is 0 Å². The van der Waals surface area contributed by atoms with Crippen LogP contribution in [0, 0.1) is 25.2 Å². The fraction of sp³-hybridized carbons (Fsp3) is 0.381. The Balaban J connectivity index is 2.24. The lowest BCUT2D eigenvalue weighted by Gasteiger charge is -2.19. The predicted octanol–water partition coefficient (Wildman–Crippen LogP) is 5.45. The molecule has 0 N–H and O–H groups in total. The van der Waals surface area contributed by atoms with E-state index < -0.39 is 0 Å². The Hall–Kier alpha value is -2.07. The first-order valence-corrected chi connectivity index (χ1v) is 7.87. The molecule has 0 heterocycles. The van der Waals surface area contributed by atoms with E-state index in [-0.39, 0.29) is 11.3 Å². The summed E-state index contributed by atoms with van der Waals surface area (Å²) in [5.41, 5.74) is 6.28. The average Bonchev–Trinajstić information content (AvgIpc) is 2.47. The van der Waals surface area contributed by atoms with Crippen LogP contribution in [0.3, 0.4) is 0 Å². The van der Waals surface area contributed by atoms with Gasteiger partial charge in [0.25, 0.3) is 0 Å². The predicted molar refractivity (Wildman–Crippen MR) is 93.1 cm³/mol. The molecule has 0 saturated heterocycles. The minimum atomic E-state index is -0.0830. The van der Waals surface area contributed by atoms with Crippen molar-refractivity contribution < 1.29 is 0 Å². The maximum Gasteiger partial charge on any atom is 0.0755 e. The van der Waals surface area contributed by atoms with Crippen molar-refractivity contribution >= 4 is 0 Å². The maximum atomic E-state index is 9.59. The molecule has 0 fully saturated rings. The van der Waals surface area contributed by atoms with Crippen LogP contribution in [-0.2, 0) is 11.8 Å². The second kappa shape index (κ2) is 6.36. The Kier molecular flexibility index (Phi) is 4.71. The monoisotopic (exact) mass is 291 g/mol. The van der Waals surface area contributed by atoms with Gasteiger partial charge >= 0.3 is 0 Å². The minimum Gasteiger partial charge on any atom is -0.198 e. The molecule has 2 rings (SSSR count). The van der Waals surface area contributed by atoms with Crippen molar-refractivity contribution in [1.29, 1.82) is 5.26 Å². The number of aryl methyl sites for hydroxylation is 2. The molecule has 1 heteroatoms. The van der Waals surface area contributed by atoms with Crippen molar-refractivity contribution in [3.8, 4) is 6.07 Å². The van der Waals surface area contributed by atoms with E-state index in [0.717, 1.165) is 12.0 Å². The first-order valence-electron chi connectivity index (χ1n) is 7.87. The van der Waals surface area contributed by atoms with Gasteiger partial charge in [-0.3, -0.25) is 0 Å². The van der Waals surface area contributed by atoms with Crippen molar-refractivity contribution in [2.45, 2.75) is 52.4 Å². The number of hydrogen-bond donors (Lipinski definition) is 0. The zero-order valence-corrected chi connectivity index (χ0v) is 14.3. The SMILES string of the molecule is Cc1ccc(C)c(C(C#N)Cc2ccc(C(C)(C)C)cc2)c1. The number of hydrogen-bond acceptors (Lipinski definition) is 1. The van der Waals surface area contributed by atoms with Crippen molar-refractivity contribution in [2.75, 3.05) is 0 Å². The van der Waals surface area contributed by atoms with Crippen LogP contribution in [0.25, 0.3) is 0 Å². The average molecular weight is 291 g/mol. The van der Waals surface area contributed by atoms with Crippen LogP contribution < -0.4 is 0 Å². The van der Waals surface area contributed by atoms with Gasteiger partial charge in [0.05, 0.1) is 12.0 Å². The molecule has 0 aliphatic heterocycles. The van der Waals surface area contributed by atoms with Gasteiger partial charge in [0.15, 0.2) is 0 Å². The molecule has 114 valence electrons. The zero-order chi connectivity index (χ0) is 16.3. The molecule has 2 aromatic carbocycles. The third kappa shape index (κ3) is 3.77. The van der Waals surface area contributed by atoms with Gasteiger partial charge in [-0.25, -0.2) is 0 Å². The van der Waals surface area contributed by atoms with Crippen molar-refractivity contribution in [3.05, 3.63) is 70.3 Å². The summed E-state index contributed by atoms with van der Waals surface area (Å²) in [4.78, 5) is 0. The summed E-state index contributed by atoms with van der Waals surface area (Å²) < 4.78 is 0. The zero-order valence-electron chi connectivity index (χ0n) is 14.3. The third-order valence-electron chi connectivity index (χ3n) is 4.23. The molecular weight excluding hydrogens is 266 g/mol. The third-order valence-corrected chi connectivity index (χ3v) is 4.23. The van der Waals surface area contributed by atoms with Gasteiger partial charge in [0, 0.05) is 0 Å². The smallest absolute Gasteiger partial charge is 0.0755 e. The lowest BCUT2D eigenvalue weighted by atomic mass is 9.85. The molecule has 1 unspecified atom stereocenters. The molecule has 0 radical (unpaired) electrons. The van der Waals surface area contributed by atoms with E-state index in [4.69, 9.17) is 0 Å². The highest BCUT2D eigenvalue weighted by molar-refractivity contribution is 5.38. The summed E-state index contributed by atoms with van der Waals surface area (Å²) in [6.45, 7) is 10.8. The summed E-state index contributed by atoms with van der Waals surface area (Å²) in [7, 11) is 0. The summed E-state index contributed by atoms with van der Waals surface area (Å²) in [6, 6.07) is 17.5. The number of benzene rings is 2. The fourth-order valence-corrected chi connectivity index (χ4v) is 2.74. The Bertz CT molecular complexity index is 681. The van der Waals surface area contributed by atoms with Gasteiger partial charge in [-0.15, -0.1) is 0 Å². The molecule has 0 aliphatic carbocycles. The fourth-order valence-electron chi connectivity index (χ4n) is 2.74. The van der Waals surface area contributed by atoms with Crippen molar-refractivity contribution in [1.82, 2.24) is 0 Å². The van der Waals surface area contributed by atoms with Crippen LogP contribution in [0.1, 0.15) is 54.5 Å². The Labute approximate surface area is 134 Å². The highest BCUT2D eigenvalue weighted by atomic mass is 14.3. The first-order chi connectivity index (χ1) is 10.3. The number of nitriles is 1. The Morgan fingerprint density at radius 3 is 2.18 bits per heavy atom. The van der Waals surface area contributed by atoms with Gasteiger partial charge in [0.2, 0.25) is 0 Å². The van der Waals surface area contributed by atoms with Crippen LogP contribution in [-0.4, -0.2) is 0 Å². The molecular formula is C21H25N. The normalized spacial score (nSPS) is 12.7. The van der Waals surface area contributed by atoms with E-state index in [1.165, 1.54) is 22.3 Å². The number of nitrogens with zero attached hydrogens (tertiary/aromatic N) is 1. The van der Waals surface area contributed by atoms with E-state index in [1.807, 2.05) is 0 Å². The van der Waals surface area contributed by atoms with E-state index in [2.05, 4.69) is 83.2 Å². The topological polar surface area (TPSA) is 23.8 Å². The van der Waals surface area contributed by atoms with E-state index in [1.54, 1.807) is 0 Å². The molecule has 0 amide bonds. The second-order valence-electron chi connectivity index (χ2n) is 7.19. The molecule has 1 nitrogen and oxygen atoms in total. The van der Waals surface area contributed by atoms with Gasteiger partial charge in [-0.1, -0.05) is 68.8 Å². The van der Waals surface area contributed by atoms with E-state index >= 15 is 0 Å². The molecule has 0 aromatic heterocycles. The molecule has 0 aliphatic rings. The molecule has 22 heavy (non-hydrogen) atoms. The van der Waals surface area contributed by atoms with Crippen LogP contribution in [0.2, 0.25) is 0 Å². The van der Waals surface area contributed by atoms with Gasteiger partial charge in [0.1, 0.15) is 0 Å². The highest BCUT2D eigenvalue weighted by Gasteiger charge is 2.16. The first kappa shape index (κ1) is 16.3. The standard InChI is InChI=1S/C21H25N/c1-15-6-7-16(2)20(12-15)18(14-22)13-17-8-10-19(11-9-17)21(3,4)5/h6-12,18H,13H2,1-5H3. The summed E-state index contributed by atoms with van der Waals surface area (Å²) in [6.07, 6.45) is 0.769.